The van der Waals surface area contributed by atoms with Gasteiger partial charge in [-0.3, -0.25) is 4.98 Å². The van der Waals surface area contributed by atoms with Crippen LogP contribution in [0.1, 0.15) is 0 Å². The standard InChI is InChI=1S/C14H17BN3O/c1-15-19-18-10-8-17(9-11-18)13-6-2-4-12-5-3-7-16-14(12)13/h2-7H,8-11H2,1H3. The lowest BCUT2D eigenvalue weighted by Gasteiger charge is -2.35. The molecule has 0 spiro atoms. The normalized spacial score (nSPS) is 16.8. The van der Waals surface area contributed by atoms with Gasteiger partial charge in [-0.1, -0.05) is 25.0 Å². The van der Waals surface area contributed by atoms with Crippen LogP contribution in [0.25, 0.3) is 10.9 Å². The Hall–Kier alpha value is -1.59. The third-order valence-electron chi connectivity index (χ3n) is 3.45. The highest BCUT2D eigenvalue weighted by Crippen LogP contribution is 2.25. The topological polar surface area (TPSA) is 28.6 Å². The van der Waals surface area contributed by atoms with E-state index in [1.807, 2.05) is 24.1 Å². The largest absolute Gasteiger partial charge is 0.367 e. The zero-order valence-corrected chi connectivity index (χ0v) is 11.1. The van der Waals surface area contributed by atoms with Gasteiger partial charge >= 0.3 is 7.48 Å². The molecule has 1 aliphatic heterocycles. The SMILES string of the molecule is C[B]ON1CCN(c2cccc3cccnc23)CC1. The summed E-state index contributed by atoms with van der Waals surface area (Å²) in [4.78, 5) is 6.90. The number of para-hydroxylation sites is 1. The van der Waals surface area contributed by atoms with E-state index in [4.69, 9.17) is 4.76 Å². The molecule has 0 saturated carbocycles. The Morgan fingerprint density at radius 2 is 1.89 bits per heavy atom. The number of nitrogens with zero attached hydrogens (tertiary/aromatic N) is 3. The highest BCUT2D eigenvalue weighted by Gasteiger charge is 2.18. The minimum absolute atomic E-state index is 0.910. The Morgan fingerprint density at radius 1 is 1.11 bits per heavy atom. The lowest BCUT2D eigenvalue weighted by Crippen LogP contribution is -2.46. The van der Waals surface area contributed by atoms with Gasteiger partial charge in [-0.05, 0) is 12.1 Å². The molecule has 1 fully saturated rings. The van der Waals surface area contributed by atoms with Gasteiger partial charge in [0.25, 0.3) is 0 Å². The first-order valence-electron chi connectivity index (χ1n) is 6.67. The van der Waals surface area contributed by atoms with Gasteiger partial charge in [-0.25, -0.2) is 5.06 Å². The molecule has 2 heterocycles. The lowest BCUT2D eigenvalue weighted by atomic mass is 10.1. The van der Waals surface area contributed by atoms with E-state index in [9.17, 15) is 0 Å². The predicted molar refractivity (Wildman–Crippen MR) is 78.2 cm³/mol. The van der Waals surface area contributed by atoms with Crippen LogP contribution in [-0.2, 0) is 4.76 Å². The van der Waals surface area contributed by atoms with Crippen LogP contribution in [-0.4, -0.2) is 43.7 Å². The van der Waals surface area contributed by atoms with Crippen molar-refractivity contribution in [3.8, 4) is 0 Å². The number of aromatic nitrogens is 1. The van der Waals surface area contributed by atoms with E-state index in [2.05, 4.69) is 34.1 Å². The summed E-state index contributed by atoms with van der Waals surface area (Å²) in [7, 11) is 1.73. The summed E-state index contributed by atoms with van der Waals surface area (Å²) in [6, 6.07) is 10.4. The van der Waals surface area contributed by atoms with E-state index in [0.29, 0.717) is 0 Å². The van der Waals surface area contributed by atoms with Gasteiger partial charge in [0.05, 0.1) is 11.2 Å². The number of pyridine rings is 1. The summed E-state index contributed by atoms with van der Waals surface area (Å²) >= 11 is 0. The average Bonchev–Trinajstić information content (AvgIpc) is 2.48. The quantitative estimate of drug-likeness (QED) is 0.783. The van der Waals surface area contributed by atoms with E-state index < -0.39 is 0 Å². The first-order valence-corrected chi connectivity index (χ1v) is 6.67. The van der Waals surface area contributed by atoms with Crippen LogP contribution in [0.2, 0.25) is 6.82 Å². The average molecular weight is 254 g/mol. The summed E-state index contributed by atoms with van der Waals surface area (Å²) in [6.45, 7) is 5.65. The molecule has 1 saturated heterocycles. The predicted octanol–water partition coefficient (Wildman–Crippen LogP) is 1.96. The van der Waals surface area contributed by atoms with E-state index in [0.717, 1.165) is 31.7 Å². The molecule has 19 heavy (non-hydrogen) atoms. The van der Waals surface area contributed by atoms with Crippen molar-refractivity contribution in [3.63, 3.8) is 0 Å². The highest BCUT2D eigenvalue weighted by molar-refractivity contribution is 6.24. The van der Waals surface area contributed by atoms with Crippen molar-refractivity contribution in [2.45, 2.75) is 6.82 Å². The van der Waals surface area contributed by atoms with Crippen LogP contribution in [0.15, 0.2) is 36.5 Å². The monoisotopic (exact) mass is 254 g/mol. The summed E-state index contributed by atoms with van der Waals surface area (Å²) < 4.78 is 5.42. The molecule has 3 rings (SSSR count). The molecule has 5 heteroatoms. The number of anilines is 1. The Labute approximate surface area is 114 Å². The summed E-state index contributed by atoms with van der Waals surface area (Å²) in [5.74, 6) is 0. The van der Waals surface area contributed by atoms with Crippen molar-refractivity contribution in [2.24, 2.45) is 0 Å². The Morgan fingerprint density at radius 3 is 2.68 bits per heavy atom. The molecule has 0 amide bonds. The maximum Gasteiger partial charge on any atom is 0.321 e. The first kappa shape index (κ1) is 12.4. The van der Waals surface area contributed by atoms with Gasteiger partial charge in [0.2, 0.25) is 0 Å². The molecule has 0 aliphatic carbocycles. The van der Waals surface area contributed by atoms with Gasteiger partial charge in [0.15, 0.2) is 0 Å². The van der Waals surface area contributed by atoms with Crippen molar-refractivity contribution in [2.75, 3.05) is 31.1 Å². The summed E-state index contributed by atoms with van der Waals surface area (Å²) in [5.41, 5.74) is 2.31. The zero-order chi connectivity index (χ0) is 13.1. The second-order valence-corrected chi connectivity index (χ2v) is 4.61. The molecule has 2 aromatic rings. The molecule has 0 bridgehead atoms. The van der Waals surface area contributed by atoms with Crippen LogP contribution in [0.4, 0.5) is 5.69 Å². The fourth-order valence-electron chi connectivity index (χ4n) is 2.53. The molecule has 97 valence electrons. The Kier molecular flexibility index (Phi) is 3.66. The molecule has 1 radical (unpaired) electrons. The number of fused-ring (bicyclic) bond motifs is 1. The van der Waals surface area contributed by atoms with Crippen LogP contribution >= 0.6 is 0 Å². The lowest BCUT2D eigenvalue weighted by molar-refractivity contribution is -0.0596. The van der Waals surface area contributed by atoms with Crippen molar-refractivity contribution < 1.29 is 4.76 Å². The maximum absolute atomic E-state index is 5.42. The Bertz CT molecular complexity index is 550. The molecule has 1 aromatic carbocycles. The van der Waals surface area contributed by atoms with Crippen LogP contribution in [0.5, 0.6) is 0 Å². The third kappa shape index (κ3) is 2.57. The zero-order valence-electron chi connectivity index (χ0n) is 11.1. The number of hydroxylamine groups is 2. The van der Waals surface area contributed by atoms with Crippen molar-refractivity contribution in [1.82, 2.24) is 10.0 Å². The number of benzene rings is 1. The second kappa shape index (κ2) is 5.59. The van der Waals surface area contributed by atoms with Crippen molar-refractivity contribution in [3.05, 3.63) is 36.5 Å². The molecule has 0 unspecified atom stereocenters. The van der Waals surface area contributed by atoms with Crippen LogP contribution in [0.3, 0.4) is 0 Å². The fraction of sp³-hybridized carbons (Fsp3) is 0.357. The van der Waals surface area contributed by atoms with E-state index in [1.165, 1.54) is 11.1 Å². The second-order valence-electron chi connectivity index (χ2n) is 4.61. The van der Waals surface area contributed by atoms with Gasteiger partial charge in [0.1, 0.15) is 0 Å². The molecular weight excluding hydrogens is 237 g/mol. The Balaban J connectivity index is 1.82. The molecule has 1 aliphatic rings. The molecule has 0 N–H and O–H groups in total. The molecule has 0 atom stereocenters. The molecular formula is C14H17BN3O. The van der Waals surface area contributed by atoms with Gasteiger partial charge in [0, 0.05) is 37.8 Å². The summed E-state index contributed by atoms with van der Waals surface area (Å²) in [6.07, 6.45) is 1.86. The van der Waals surface area contributed by atoms with E-state index in [-0.39, 0.29) is 0 Å². The number of rotatable bonds is 3. The minimum atomic E-state index is 0.910. The van der Waals surface area contributed by atoms with Crippen LogP contribution in [0, 0.1) is 0 Å². The maximum atomic E-state index is 5.42. The van der Waals surface area contributed by atoms with Gasteiger partial charge < -0.3 is 9.65 Å². The van der Waals surface area contributed by atoms with Crippen molar-refractivity contribution >= 4 is 24.1 Å². The molecule has 4 nitrogen and oxygen atoms in total. The van der Waals surface area contributed by atoms with Gasteiger partial charge in [-0.15, -0.1) is 0 Å². The number of hydrogen-bond acceptors (Lipinski definition) is 4. The van der Waals surface area contributed by atoms with Gasteiger partial charge in [-0.2, -0.15) is 0 Å². The van der Waals surface area contributed by atoms with Crippen molar-refractivity contribution in [1.29, 1.82) is 0 Å². The third-order valence-corrected chi connectivity index (χ3v) is 3.45. The minimum Gasteiger partial charge on any atom is -0.367 e. The van der Waals surface area contributed by atoms with Crippen LogP contribution < -0.4 is 4.90 Å². The van der Waals surface area contributed by atoms with E-state index in [1.54, 1.807) is 7.48 Å². The summed E-state index contributed by atoms with van der Waals surface area (Å²) in [5, 5.41) is 3.19. The number of piperazine rings is 1. The molecule has 1 aromatic heterocycles. The fourth-order valence-corrected chi connectivity index (χ4v) is 2.53. The van der Waals surface area contributed by atoms with E-state index >= 15 is 0 Å². The highest BCUT2D eigenvalue weighted by atomic mass is 16.6. The number of hydrogen-bond donors (Lipinski definition) is 0. The smallest absolute Gasteiger partial charge is 0.321 e. The first-order chi connectivity index (χ1) is 9.38.